The third-order valence-corrected chi connectivity index (χ3v) is 3.65. The first-order chi connectivity index (χ1) is 8.16. The molecule has 0 fully saturated rings. The SMILES string of the molecule is CCC(O)(C1=CCCCO1)c1cccc(Br)c1. The second kappa shape index (κ2) is 5.23. The number of rotatable bonds is 3. The summed E-state index contributed by atoms with van der Waals surface area (Å²) in [7, 11) is 0. The molecule has 1 aliphatic heterocycles. The maximum absolute atomic E-state index is 10.8. The van der Waals surface area contributed by atoms with Crippen LogP contribution in [0, 0.1) is 0 Å². The smallest absolute Gasteiger partial charge is 0.146 e. The summed E-state index contributed by atoms with van der Waals surface area (Å²) in [5.74, 6) is 0.698. The van der Waals surface area contributed by atoms with Gasteiger partial charge in [0, 0.05) is 4.47 Å². The average Bonchev–Trinajstić information content (AvgIpc) is 2.39. The van der Waals surface area contributed by atoms with E-state index in [0.717, 1.165) is 22.9 Å². The van der Waals surface area contributed by atoms with E-state index in [1.807, 2.05) is 37.3 Å². The fraction of sp³-hybridized carbons (Fsp3) is 0.429. The highest BCUT2D eigenvalue weighted by molar-refractivity contribution is 9.10. The molecule has 1 heterocycles. The van der Waals surface area contributed by atoms with Gasteiger partial charge in [-0.1, -0.05) is 35.0 Å². The van der Waals surface area contributed by atoms with E-state index in [2.05, 4.69) is 15.9 Å². The Bertz CT molecular complexity index is 428. The van der Waals surface area contributed by atoms with Crippen LogP contribution in [0.25, 0.3) is 0 Å². The number of allylic oxidation sites excluding steroid dienone is 1. The Morgan fingerprint density at radius 2 is 2.29 bits per heavy atom. The summed E-state index contributed by atoms with van der Waals surface area (Å²) in [4.78, 5) is 0. The first kappa shape index (κ1) is 12.7. The van der Waals surface area contributed by atoms with E-state index in [9.17, 15) is 5.11 Å². The van der Waals surface area contributed by atoms with Gasteiger partial charge in [0.2, 0.25) is 0 Å². The van der Waals surface area contributed by atoms with Crippen LogP contribution in [-0.4, -0.2) is 11.7 Å². The van der Waals surface area contributed by atoms with Gasteiger partial charge < -0.3 is 9.84 Å². The fourth-order valence-electron chi connectivity index (χ4n) is 2.11. The Balaban J connectivity index is 2.39. The molecule has 17 heavy (non-hydrogen) atoms. The van der Waals surface area contributed by atoms with Crippen LogP contribution in [0.1, 0.15) is 31.7 Å². The summed E-state index contributed by atoms with van der Waals surface area (Å²) >= 11 is 3.44. The average molecular weight is 297 g/mol. The van der Waals surface area contributed by atoms with Crippen LogP contribution < -0.4 is 0 Å². The van der Waals surface area contributed by atoms with Crippen LogP contribution >= 0.6 is 15.9 Å². The second-order valence-corrected chi connectivity index (χ2v) is 5.20. The van der Waals surface area contributed by atoms with E-state index in [1.54, 1.807) is 0 Å². The first-order valence-corrected chi connectivity index (χ1v) is 6.78. The van der Waals surface area contributed by atoms with Crippen LogP contribution in [0.2, 0.25) is 0 Å². The monoisotopic (exact) mass is 296 g/mol. The molecule has 0 spiro atoms. The molecule has 0 saturated heterocycles. The van der Waals surface area contributed by atoms with Crippen molar-refractivity contribution in [3.05, 3.63) is 46.1 Å². The molecular formula is C14H17BrO2. The van der Waals surface area contributed by atoms with Crippen molar-refractivity contribution in [3.8, 4) is 0 Å². The van der Waals surface area contributed by atoms with E-state index in [-0.39, 0.29) is 0 Å². The van der Waals surface area contributed by atoms with Crippen LogP contribution in [0.4, 0.5) is 0 Å². The van der Waals surface area contributed by atoms with Crippen molar-refractivity contribution in [1.82, 2.24) is 0 Å². The Hall–Kier alpha value is -0.800. The van der Waals surface area contributed by atoms with Gasteiger partial charge in [0.1, 0.15) is 11.4 Å². The highest BCUT2D eigenvalue weighted by Crippen LogP contribution is 2.36. The topological polar surface area (TPSA) is 29.5 Å². The number of hydrogen-bond acceptors (Lipinski definition) is 2. The quantitative estimate of drug-likeness (QED) is 0.921. The Kier molecular flexibility index (Phi) is 3.89. The van der Waals surface area contributed by atoms with Crippen LogP contribution in [0.5, 0.6) is 0 Å². The van der Waals surface area contributed by atoms with Gasteiger partial charge in [0.05, 0.1) is 6.61 Å². The molecule has 1 aromatic rings. The predicted molar refractivity (Wildman–Crippen MR) is 71.6 cm³/mol. The van der Waals surface area contributed by atoms with Crippen LogP contribution in [0.3, 0.4) is 0 Å². The van der Waals surface area contributed by atoms with Gasteiger partial charge in [-0.05, 0) is 43.0 Å². The normalized spacial score (nSPS) is 19.1. The largest absolute Gasteiger partial charge is 0.495 e. The minimum absolute atomic E-state index is 0.606. The summed E-state index contributed by atoms with van der Waals surface area (Å²) in [6.07, 6.45) is 4.62. The van der Waals surface area contributed by atoms with E-state index in [0.29, 0.717) is 18.8 Å². The molecule has 0 amide bonds. The Morgan fingerprint density at radius 1 is 1.47 bits per heavy atom. The zero-order chi connectivity index (χ0) is 12.3. The molecule has 3 heteroatoms. The van der Waals surface area contributed by atoms with Crippen molar-refractivity contribution in [2.45, 2.75) is 31.8 Å². The molecule has 0 radical (unpaired) electrons. The number of ether oxygens (including phenoxy) is 1. The molecule has 2 rings (SSSR count). The van der Waals surface area contributed by atoms with Gasteiger partial charge in [0.25, 0.3) is 0 Å². The van der Waals surface area contributed by atoms with E-state index >= 15 is 0 Å². The molecule has 0 aromatic heterocycles. The van der Waals surface area contributed by atoms with Gasteiger partial charge in [-0.15, -0.1) is 0 Å². The molecule has 2 nitrogen and oxygen atoms in total. The van der Waals surface area contributed by atoms with Crippen LogP contribution in [0.15, 0.2) is 40.6 Å². The van der Waals surface area contributed by atoms with Gasteiger partial charge in [0.15, 0.2) is 0 Å². The van der Waals surface area contributed by atoms with Crippen LogP contribution in [-0.2, 0) is 10.3 Å². The Morgan fingerprint density at radius 3 is 2.88 bits per heavy atom. The van der Waals surface area contributed by atoms with Gasteiger partial charge in [-0.3, -0.25) is 0 Å². The highest BCUT2D eigenvalue weighted by atomic mass is 79.9. The molecule has 1 N–H and O–H groups in total. The zero-order valence-electron chi connectivity index (χ0n) is 9.95. The molecule has 1 aromatic carbocycles. The van der Waals surface area contributed by atoms with Crippen molar-refractivity contribution in [2.75, 3.05) is 6.61 Å². The predicted octanol–water partition coefficient (Wildman–Crippen LogP) is 3.74. The lowest BCUT2D eigenvalue weighted by Gasteiger charge is -2.32. The maximum Gasteiger partial charge on any atom is 0.146 e. The van der Waals surface area contributed by atoms with Crippen molar-refractivity contribution < 1.29 is 9.84 Å². The fourth-order valence-corrected chi connectivity index (χ4v) is 2.51. The number of halogens is 1. The lowest BCUT2D eigenvalue weighted by Crippen LogP contribution is -2.30. The summed E-state index contributed by atoms with van der Waals surface area (Å²) in [5.41, 5.74) is -0.118. The van der Waals surface area contributed by atoms with E-state index in [1.165, 1.54) is 0 Å². The van der Waals surface area contributed by atoms with Gasteiger partial charge in [-0.25, -0.2) is 0 Å². The molecule has 0 aliphatic carbocycles. The number of aliphatic hydroxyl groups is 1. The molecule has 1 atom stereocenters. The zero-order valence-corrected chi connectivity index (χ0v) is 11.5. The number of benzene rings is 1. The summed E-state index contributed by atoms with van der Waals surface area (Å²) < 4.78 is 6.59. The van der Waals surface area contributed by atoms with Crippen molar-refractivity contribution in [3.63, 3.8) is 0 Å². The maximum atomic E-state index is 10.8. The number of hydrogen-bond donors (Lipinski definition) is 1. The van der Waals surface area contributed by atoms with Gasteiger partial charge >= 0.3 is 0 Å². The first-order valence-electron chi connectivity index (χ1n) is 5.98. The van der Waals surface area contributed by atoms with Crippen molar-refractivity contribution in [2.24, 2.45) is 0 Å². The molecular weight excluding hydrogens is 280 g/mol. The standard InChI is InChI=1S/C14H17BrO2/c1-2-14(16,13-8-3-4-9-17-13)11-6-5-7-12(15)10-11/h5-8,10,16H,2-4,9H2,1H3. The third kappa shape index (κ3) is 2.55. The van der Waals surface area contributed by atoms with E-state index in [4.69, 9.17) is 4.74 Å². The molecule has 0 bridgehead atoms. The van der Waals surface area contributed by atoms with Crippen molar-refractivity contribution in [1.29, 1.82) is 0 Å². The summed E-state index contributed by atoms with van der Waals surface area (Å²) in [5, 5.41) is 10.8. The minimum Gasteiger partial charge on any atom is -0.495 e. The highest BCUT2D eigenvalue weighted by Gasteiger charge is 2.34. The third-order valence-electron chi connectivity index (χ3n) is 3.16. The lowest BCUT2D eigenvalue weighted by molar-refractivity contribution is -0.00264. The lowest BCUT2D eigenvalue weighted by atomic mass is 9.88. The van der Waals surface area contributed by atoms with Gasteiger partial charge in [-0.2, -0.15) is 0 Å². The van der Waals surface area contributed by atoms with Crippen molar-refractivity contribution >= 4 is 15.9 Å². The van der Waals surface area contributed by atoms with E-state index < -0.39 is 5.60 Å². The molecule has 1 aliphatic rings. The molecule has 1 unspecified atom stereocenters. The molecule has 92 valence electrons. The summed E-state index contributed by atoms with van der Waals surface area (Å²) in [6, 6.07) is 7.77. The molecule has 0 saturated carbocycles. The Labute approximate surface area is 110 Å². The second-order valence-electron chi connectivity index (χ2n) is 4.28. The minimum atomic E-state index is -0.996. The summed E-state index contributed by atoms with van der Waals surface area (Å²) in [6.45, 7) is 2.67.